The lowest BCUT2D eigenvalue weighted by Gasteiger charge is -2.18. The van der Waals surface area contributed by atoms with Gasteiger partial charge in [-0.2, -0.15) is 0 Å². The third-order valence-electron chi connectivity index (χ3n) is 4.98. The van der Waals surface area contributed by atoms with Crippen LogP contribution in [0.15, 0.2) is 53.1 Å². The van der Waals surface area contributed by atoms with Gasteiger partial charge in [-0.05, 0) is 56.2 Å². The van der Waals surface area contributed by atoms with E-state index in [0.29, 0.717) is 18.8 Å². The Morgan fingerprint density at radius 1 is 1.14 bits per heavy atom. The van der Waals surface area contributed by atoms with Gasteiger partial charge < -0.3 is 14.7 Å². The Hall–Kier alpha value is -2.99. The molecule has 0 bridgehead atoms. The van der Waals surface area contributed by atoms with Gasteiger partial charge in [0.25, 0.3) is 5.91 Å². The molecule has 3 rings (SSSR count). The van der Waals surface area contributed by atoms with Gasteiger partial charge in [-0.15, -0.1) is 0 Å². The van der Waals surface area contributed by atoms with E-state index in [1.807, 2.05) is 38.1 Å². The van der Waals surface area contributed by atoms with Gasteiger partial charge in [-0.1, -0.05) is 30.3 Å². The number of aryl methyl sites for hydroxylation is 1. The number of rotatable bonds is 8. The number of para-hydroxylation sites is 1. The van der Waals surface area contributed by atoms with Crippen molar-refractivity contribution in [3.8, 4) is 11.3 Å². The minimum Gasteiger partial charge on any atom is -0.356 e. The summed E-state index contributed by atoms with van der Waals surface area (Å²) < 4.78 is 18.7. The predicted octanol–water partition coefficient (Wildman–Crippen LogP) is 3.53. The summed E-state index contributed by atoms with van der Waals surface area (Å²) in [5.74, 6) is 0.326. The average Bonchev–Trinajstić information content (AvgIpc) is 3.05. The molecule has 0 saturated heterocycles. The summed E-state index contributed by atoms with van der Waals surface area (Å²) in [6.45, 7) is 7.80. The molecule has 5 nitrogen and oxygen atoms in total. The molecule has 152 valence electrons. The number of nitrogens with zero attached hydrogens (tertiary/aromatic N) is 1. The van der Waals surface area contributed by atoms with Crippen LogP contribution in [-0.4, -0.2) is 24.2 Å². The van der Waals surface area contributed by atoms with E-state index in [1.165, 1.54) is 12.1 Å². The third-order valence-corrected chi connectivity index (χ3v) is 4.98. The van der Waals surface area contributed by atoms with Crippen LogP contribution >= 0.6 is 0 Å². The first kappa shape index (κ1) is 20.7. The first-order chi connectivity index (χ1) is 14.0. The maximum Gasteiger partial charge on any atom is 0.279 e. The molecule has 6 heteroatoms. The van der Waals surface area contributed by atoms with Crippen LogP contribution in [0.2, 0.25) is 0 Å². The largest absolute Gasteiger partial charge is 0.356 e. The van der Waals surface area contributed by atoms with Crippen LogP contribution in [0.5, 0.6) is 0 Å². The number of halogens is 1. The van der Waals surface area contributed by atoms with E-state index in [4.69, 9.17) is 4.52 Å². The molecule has 3 aromatic rings. The molecular formula is C23H27FN3O2+. The topological polar surface area (TPSA) is 59.6 Å². The van der Waals surface area contributed by atoms with Gasteiger partial charge in [0.15, 0.2) is 12.3 Å². The molecule has 0 spiro atoms. The van der Waals surface area contributed by atoms with E-state index in [-0.39, 0.29) is 11.7 Å². The highest BCUT2D eigenvalue weighted by molar-refractivity contribution is 5.92. The zero-order valence-electron chi connectivity index (χ0n) is 17.1. The number of quaternary nitrogens is 1. The van der Waals surface area contributed by atoms with Crippen LogP contribution in [0.4, 0.5) is 10.1 Å². The number of aromatic nitrogens is 1. The second-order valence-electron chi connectivity index (χ2n) is 7.31. The molecule has 1 atom stereocenters. The first-order valence-corrected chi connectivity index (χ1v) is 9.88. The van der Waals surface area contributed by atoms with Gasteiger partial charge in [0.2, 0.25) is 0 Å². The lowest BCUT2D eigenvalue weighted by Crippen LogP contribution is -3.11. The molecule has 0 saturated carbocycles. The maximum absolute atomic E-state index is 13.2. The molecule has 1 amide bonds. The molecule has 0 aliphatic carbocycles. The fraction of sp³-hybridized carbons (Fsp3) is 0.304. The quantitative estimate of drug-likeness (QED) is 0.612. The molecule has 0 fully saturated rings. The number of amides is 1. The van der Waals surface area contributed by atoms with Gasteiger partial charge in [0.05, 0.1) is 6.54 Å². The molecule has 29 heavy (non-hydrogen) atoms. The average molecular weight is 396 g/mol. The third kappa shape index (κ3) is 5.29. The molecule has 0 aliphatic rings. The number of anilines is 1. The summed E-state index contributed by atoms with van der Waals surface area (Å²) in [6, 6.07) is 13.9. The number of nitrogens with one attached hydrogen (secondary N) is 2. The fourth-order valence-corrected chi connectivity index (χ4v) is 3.37. The van der Waals surface area contributed by atoms with E-state index >= 15 is 0 Å². The van der Waals surface area contributed by atoms with Gasteiger partial charge in [0.1, 0.15) is 18.1 Å². The SMILES string of the molecule is CCC[NH+](CC(=O)Nc1ccccc1C)Cc1noc(-c2ccc(F)cc2)c1C. The van der Waals surface area contributed by atoms with Crippen molar-refractivity contribution in [1.29, 1.82) is 0 Å². The van der Waals surface area contributed by atoms with E-state index < -0.39 is 0 Å². The highest BCUT2D eigenvalue weighted by Gasteiger charge is 2.21. The van der Waals surface area contributed by atoms with Crippen LogP contribution in [0.1, 0.15) is 30.2 Å². The Bertz CT molecular complexity index is 967. The minimum absolute atomic E-state index is 0.0253. The maximum atomic E-state index is 13.2. The zero-order valence-corrected chi connectivity index (χ0v) is 17.1. The van der Waals surface area contributed by atoms with Gasteiger partial charge in [-0.25, -0.2) is 4.39 Å². The first-order valence-electron chi connectivity index (χ1n) is 9.88. The molecule has 1 unspecified atom stereocenters. The molecule has 2 N–H and O–H groups in total. The Balaban J connectivity index is 1.69. The van der Waals surface area contributed by atoms with Crippen molar-refractivity contribution >= 4 is 11.6 Å². The molecule has 1 aromatic heterocycles. The minimum atomic E-state index is -0.288. The zero-order chi connectivity index (χ0) is 20.8. The lowest BCUT2D eigenvalue weighted by molar-refractivity contribution is -0.906. The van der Waals surface area contributed by atoms with Gasteiger partial charge >= 0.3 is 0 Å². The smallest absolute Gasteiger partial charge is 0.279 e. The summed E-state index contributed by atoms with van der Waals surface area (Å²) in [5, 5.41) is 7.22. The fourth-order valence-electron chi connectivity index (χ4n) is 3.37. The van der Waals surface area contributed by atoms with Crippen LogP contribution in [-0.2, 0) is 11.3 Å². The van der Waals surface area contributed by atoms with Crippen LogP contribution in [0.3, 0.4) is 0 Å². The van der Waals surface area contributed by atoms with Crippen LogP contribution < -0.4 is 10.2 Å². The number of hydrogen-bond acceptors (Lipinski definition) is 3. The predicted molar refractivity (Wildman–Crippen MR) is 111 cm³/mol. The summed E-state index contributed by atoms with van der Waals surface area (Å²) in [4.78, 5) is 13.7. The molecule has 2 aromatic carbocycles. The summed E-state index contributed by atoms with van der Waals surface area (Å²) in [5.41, 5.74) is 4.40. The van der Waals surface area contributed by atoms with Crippen molar-refractivity contribution < 1.29 is 18.6 Å². The molecule has 0 aliphatic heterocycles. The van der Waals surface area contributed by atoms with Crippen LogP contribution in [0, 0.1) is 19.7 Å². The van der Waals surface area contributed by atoms with E-state index in [0.717, 1.165) is 45.9 Å². The Kier molecular flexibility index (Phi) is 6.77. The lowest BCUT2D eigenvalue weighted by atomic mass is 10.1. The summed E-state index contributed by atoms with van der Waals surface area (Å²) in [7, 11) is 0. The standard InChI is InChI=1S/C23H26FN3O2/c1-4-13-27(15-22(28)25-20-8-6-5-7-16(20)2)14-21-17(3)23(29-26-21)18-9-11-19(24)12-10-18/h5-12H,4,13-15H2,1-3H3,(H,25,28)/p+1. The van der Waals surface area contributed by atoms with Crippen molar-refractivity contribution in [3.05, 3.63) is 71.2 Å². The van der Waals surface area contributed by atoms with Gasteiger partial charge in [-0.3, -0.25) is 4.79 Å². The second-order valence-corrected chi connectivity index (χ2v) is 7.31. The molecular weight excluding hydrogens is 369 g/mol. The highest BCUT2D eigenvalue weighted by atomic mass is 19.1. The highest BCUT2D eigenvalue weighted by Crippen LogP contribution is 2.25. The number of carbonyl (C=O) groups excluding carboxylic acids is 1. The monoisotopic (exact) mass is 396 g/mol. The normalized spacial score (nSPS) is 12.0. The summed E-state index contributed by atoms with van der Waals surface area (Å²) >= 11 is 0. The van der Waals surface area contributed by atoms with E-state index in [9.17, 15) is 9.18 Å². The van der Waals surface area contributed by atoms with Crippen molar-refractivity contribution in [2.75, 3.05) is 18.4 Å². The van der Waals surface area contributed by atoms with Crippen molar-refractivity contribution in [2.45, 2.75) is 33.7 Å². The van der Waals surface area contributed by atoms with Crippen molar-refractivity contribution in [2.24, 2.45) is 0 Å². The number of carbonyl (C=O) groups is 1. The van der Waals surface area contributed by atoms with E-state index in [1.54, 1.807) is 12.1 Å². The van der Waals surface area contributed by atoms with Crippen LogP contribution in [0.25, 0.3) is 11.3 Å². The van der Waals surface area contributed by atoms with Gasteiger partial charge in [0, 0.05) is 16.8 Å². The number of hydrogen-bond donors (Lipinski definition) is 2. The van der Waals surface area contributed by atoms with E-state index in [2.05, 4.69) is 17.4 Å². The Morgan fingerprint density at radius 3 is 2.55 bits per heavy atom. The Labute approximate surface area is 170 Å². The molecule has 1 heterocycles. The summed E-state index contributed by atoms with van der Waals surface area (Å²) in [6.07, 6.45) is 0.953. The molecule has 0 radical (unpaired) electrons. The Morgan fingerprint density at radius 2 is 1.86 bits per heavy atom. The van der Waals surface area contributed by atoms with Crippen molar-refractivity contribution in [1.82, 2.24) is 5.16 Å². The second kappa shape index (κ2) is 9.47. The van der Waals surface area contributed by atoms with Crippen molar-refractivity contribution in [3.63, 3.8) is 0 Å². The number of benzene rings is 2.